The van der Waals surface area contributed by atoms with Gasteiger partial charge in [-0.2, -0.15) is 0 Å². The standard InChI is InChI=1S/C59H114O6/c1-5-7-9-11-13-15-17-19-21-23-24-26-27-29-31-33-38-42-46-50-57(60)63-53-56(54-64-58(61)51-47-43-39-36-35-37-41-45-49-55(3)4)65-59(62)52-48-44-40-34-32-30-28-25-22-20-18-16-14-12-10-8-6-2/h55-56H,5-54H2,1-4H3/t56-/m0/s1. The Bertz CT molecular complexity index is 980. The second-order valence-corrected chi connectivity index (χ2v) is 20.8. The van der Waals surface area contributed by atoms with Gasteiger partial charge in [-0.25, -0.2) is 0 Å². The van der Waals surface area contributed by atoms with Crippen LogP contribution >= 0.6 is 0 Å². The molecule has 0 amide bonds. The molecule has 0 aliphatic heterocycles. The van der Waals surface area contributed by atoms with E-state index in [2.05, 4.69) is 27.7 Å². The number of ether oxygens (including phenoxy) is 3. The summed E-state index contributed by atoms with van der Waals surface area (Å²) in [5, 5.41) is 0. The van der Waals surface area contributed by atoms with Gasteiger partial charge in [0.15, 0.2) is 6.10 Å². The molecule has 0 aliphatic carbocycles. The van der Waals surface area contributed by atoms with E-state index < -0.39 is 6.10 Å². The summed E-state index contributed by atoms with van der Waals surface area (Å²) in [5.74, 6) is -0.0412. The minimum atomic E-state index is -0.762. The van der Waals surface area contributed by atoms with Crippen molar-refractivity contribution in [3.05, 3.63) is 0 Å². The maximum Gasteiger partial charge on any atom is 0.306 e. The van der Waals surface area contributed by atoms with Crippen molar-refractivity contribution in [2.75, 3.05) is 13.2 Å². The molecule has 0 aliphatic rings. The summed E-state index contributed by atoms with van der Waals surface area (Å²) in [5.41, 5.74) is 0. The van der Waals surface area contributed by atoms with E-state index in [1.165, 1.54) is 231 Å². The Kier molecular flexibility index (Phi) is 52.1. The van der Waals surface area contributed by atoms with Crippen LogP contribution in [-0.2, 0) is 28.6 Å². The van der Waals surface area contributed by atoms with Gasteiger partial charge in [-0.3, -0.25) is 14.4 Å². The molecule has 386 valence electrons. The number of rotatable bonds is 54. The SMILES string of the molecule is CCCCCCCCCCCCCCCCCCCCCC(=O)OC[C@@H](COC(=O)CCCCCCCCCCC(C)C)OC(=O)CCCCCCCCCCCCCCCCCCC. The normalized spacial score (nSPS) is 12.0. The van der Waals surface area contributed by atoms with Crippen LogP contribution in [-0.4, -0.2) is 37.2 Å². The van der Waals surface area contributed by atoms with Crippen LogP contribution in [0.5, 0.6) is 0 Å². The largest absolute Gasteiger partial charge is 0.462 e. The van der Waals surface area contributed by atoms with Crippen LogP contribution in [0.2, 0.25) is 0 Å². The van der Waals surface area contributed by atoms with Crippen molar-refractivity contribution in [1.29, 1.82) is 0 Å². The number of carbonyl (C=O) groups is 3. The lowest BCUT2D eigenvalue weighted by molar-refractivity contribution is -0.167. The van der Waals surface area contributed by atoms with Gasteiger partial charge in [-0.15, -0.1) is 0 Å². The van der Waals surface area contributed by atoms with E-state index in [0.717, 1.165) is 63.7 Å². The zero-order valence-corrected chi connectivity index (χ0v) is 44.5. The van der Waals surface area contributed by atoms with E-state index >= 15 is 0 Å². The van der Waals surface area contributed by atoms with Gasteiger partial charge in [0.25, 0.3) is 0 Å². The number of unbranched alkanes of at least 4 members (excludes halogenated alkanes) is 41. The van der Waals surface area contributed by atoms with E-state index in [1.807, 2.05) is 0 Å². The quantitative estimate of drug-likeness (QED) is 0.0344. The lowest BCUT2D eigenvalue weighted by Crippen LogP contribution is -2.30. The first-order valence-electron chi connectivity index (χ1n) is 29.4. The number of carbonyl (C=O) groups excluding carboxylic acids is 3. The highest BCUT2D eigenvalue weighted by Crippen LogP contribution is 2.18. The zero-order chi connectivity index (χ0) is 47.4. The minimum absolute atomic E-state index is 0.0623. The maximum absolute atomic E-state index is 12.8. The lowest BCUT2D eigenvalue weighted by Gasteiger charge is -2.18. The van der Waals surface area contributed by atoms with Gasteiger partial charge in [-0.1, -0.05) is 297 Å². The molecule has 0 saturated heterocycles. The smallest absolute Gasteiger partial charge is 0.306 e. The van der Waals surface area contributed by atoms with Crippen molar-refractivity contribution in [3.8, 4) is 0 Å². The predicted molar refractivity (Wildman–Crippen MR) is 280 cm³/mol. The molecule has 0 bridgehead atoms. The zero-order valence-electron chi connectivity index (χ0n) is 44.5. The van der Waals surface area contributed by atoms with Crippen LogP contribution in [0.15, 0.2) is 0 Å². The van der Waals surface area contributed by atoms with Gasteiger partial charge in [0.2, 0.25) is 0 Å². The maximum atomic E-state index is 12.8. The molecule has 0 spiro atoms. The van der Waals surface area contributed by atoms with E-state index in [9.17, 15) is 14.4 Å². The van der Waals surface area contributed by atoms with Crippen molar-refractivity contribution < 1.29 is 28.6 Å². The van der Waals surface area contributed by atoms with Crippen LogP contribution in [0, 0.1) is 5.92 Å². The fraction of sp³-hybridized carbons (Fsp3) is 0.949. The molecule has 0 aromatic heterocycles. The Hall–Kier alpha value is -1.59. The molecule has 0 unspecified atom stereocenters. The Balaban J connectivity index is 4.24. The average Bonchev–Trinajstić information content (AvgIpc) is 3.29. The van der Waals surface area contributed by atoms with Crippen LogP contribution in [0.4, 0.5) is 0 Å². The molecule has 1 atom stereocenters. The fourth-order valence-electron chi connectivity index (χ4n) is 9.10. The molecule has 0 fully saturated rings. The summed E-state index contributed by atoms with van der Waals surface area (Å²) >= 11 is 0. The van der Waals surface area contributed by atoms with Crippen molar-refractivity contribution in [2.45, 2.75) is 342 Å². The molecule has 6 nitrogen and oxygen atoms in total. The van der Waals surface area contributed by atoms with Crippen LogP contribution in [0.3, 0.4) is 0 Å². The van der Waals surface area contributed by atoms with Crippen molar-refractivity contribution in [1.82, 2.24) is 0 Å². The van der Waals surface area contributed by atoms with Gasteiger partial charge >= 0.3 is 17.9 Å². The van der Waals surface area contributed by atoms with Crippen LogP contribution < -0.4 is 0 Å². The first-order valence-corrected chi connectivity index (χ1v) is 29.4. The second-order valence-electron chi connectivity index (χ2n) is 20.8. The summed E-state index contributed by atoms with van der Waals surface area (Å²) in [6.07, 6.45) is 58.2. The first kappa shape index (κ1) is 63.4. The molecular weight excluding hydrogens is 805 g/mol. The summed E-state index contributed by atoms with van der Waals surface area (Å²) in [6, 6.07) is 0. The Labute approximate surface area is 406 Å². The predicted octanol–water partition coefficient (Wildman–Crippen LogP) is 19.4. The molecule has 0 heterocycles. The summed E-state index contributed by atoms with van der Waals surface area (Å²) in [7, 11) is 0. The Morgan fingerprint density at radius 3 is 0.754 bits per heavy atom. The molecule has 0 radical (unpaired) electrons. The summed E-state index contributed by atoms with van der Waals surface area (Å²) in [4.78, 5) is 38.1. The number of esters is 3. The van der Waals surface area contributed by atoms with Gasteiger partial charge in [0.05, 0.1) is 0 Å². The van der Waals surface area contributed by atoms with Gasteiger partial charge in [0, 0.05) is 19.3 Å². The van der Waals surface area contributed by atoms with Crippen LogP contribution in [0.1, 0.15) is 336 Å². The summed E-state index contributed by atoms with van der Waals surface area (Å²) < 4.78 is 16.9. The van der Waals surface area contributed by atoms with Gasteiger partial charge in [0.1, 0.15) is 13.2 Å². The Morgan fingerprint density at radius 1 is 0.292 bits per heavy atom. The van der Waals surface area contributed by atoms with Crippen molar-refractivity contribution in [3.63, 3.8) is 0 Å². The minimum Gasteiger partial charge on any atom is -0.462 e. The number of hydrogen-bond donors (Lipinski definition) is 0. The molecule has 0 aromatic carbocycles. The highest BCUT2D eigenvalue weighted by molar-refractivity contribution is 5.71. The summed E-state index contributed by atoms with van der Waals surface area (Å²) in [6.45, 7) is 9.03. The molecule has 6 heteroatoms. The average molecular weight is 920 g/mol. The monoisotopic (exact) mass is 919 g/mol. The van der Waals surface area contributed by atoms with Gasteiger partial charge in [-0.05, 0) is 25.2 Å². The highest BCUT2D eigenvalue weighted by Gasteiger charge is 2.19. The first-order chi connectivity index (χ1) is 31.9. The van der Waals surface area contributed by atoms with Crippen LogP contribution in [0.25, 0.3) is 0 Å². The fourth-order valence-corrected chi connectivity index (χ4v) is 9.10. The van der Waals surface area contributed by atoms with Crippen molar-refractivity contribution in [2.24, 2.45) is 5.92 Å². The second kappa shape index (κ2) is 53.4. The lowest BCUT2D eigenvalue weighted by atomic mass is 10.0. The van der Waals surface area contributed by atoms with Gasteiger partial charge < -0.3 is 14.2 Å². The third-order valence-corrected chi connectivity index (χ3v) is 13.5. The number of hydrogen-bond acceptors (Lipinski definition) is 6. The third-order valence-electron chi connectivity index (χ3n) is 13.5. The van der Waals surface area contributed by atoms with E-state index in [0.29, 0.717) is 19.3 Å². The molecule has 65 heavy (non-hydrogen) atoms. The Morgan fingerprint density at radius 2 is 0.508 bits per heavy atom. The van der Waals surface area contributed by atoms with E-state index in [-0.39, 0.29) is 31.1 Å². The third kappa shape index (κ3) is 53.2. The highest BCUT2D eigenvalue weighted by atomic mass is 16.6. The van der Waals surface area contributed by atoms with E-state index in [4.69, 9.17) is 14.2 Å². The van der Waals surface area contributed by atoms with Crippen molar-refractivity contribution >= 4 is 17.9 Å². The molecule has 0 aromatic rings. The van der Waals surface area contributed by atoms with E-state index in [1.54, 1.807) is 0 Å². The molecule has 0 rings (SSSR count). The molecule has 0 saturated carbocycles. The molecule has 0 N–H and O–H groups in total. The topological polar surface area (TPSA) is 78.9 Å². The molecular formula is C59H114O6.